The summed E-state index contributed by atoms with van der Waals surface area (Å²) in [5.74, 6) is 0.155. The Kier molecular flexibility index (Phi) is 6.55. The maximum absolute atomic E-state index is 12.6. The first kappa shape index (κ1) is 19.5. The Morgan fingerprint density at radius 3 is 2.26 bits per heavy atom. The monoisotopic (exact) mass is 374 g/mol. The fourth-order valence-electron chi connectivity index (χ4n) is 3.63. The zero-order valence-corrected chi connectivity index (χ0v) is 16.4. The summed E-state index contributed by atoms with van der Waals surface area (Å²) < 4.78 is 5.02. The molecule has 27 heavy (non-hydrogen) atoms. The van der Waals surface area contributed by atoms with Crippen LogP contribution in [0, 0.1) is 6.92 Å². The van der Waals surface area contributed by atoms with Crippen molar-refractivity contribution in [3.8, 4) is 0 Å². The van der Waals surface area contributed by atoms with Gasteiger partial charge in [0.2, 0.25) is 5.91 Å². The molecule has 7 nitrogen and oxygen atoms in total. The van der Waals surface area contributed by atoms with E-state index >= 15 is 0 Å². The van der Waals surface area contributed by atoms with E-state index in [0.29, 0.717) is 39.3 Å². The highest BCUT2D eigenvalue weighted by Gasteiger charge is 2.27. The van der Waals surface area contributed by atoms with Gasteiger partial charge in [0.25, 0.3) is 0 Å². The van der Waals surface area contributed by atoms with Crippen molar-refractivity contribution in [2.45, 2.75) is 13.8 Å². The minimum absolute atomic E-state index is 0.155. The molecule has 148 valence electrons. The lowest BCUT2D eigenvalue weighted by Gasteiger charge is -2.38. The van der Waals surface area contributed by atoms with Crippen molar-refractivity contribution in [3.05, 3.63) is 29.8 Å². The summed E-state index contributed by atoms with van der Waals surface area (Å²) in [6.07, 6.45) is -0.281. The smallest absolute Gasteiger partial charge is 0.409 e. The fourth-order valence-corrected chi connectivity index (χ4v) is 3.63. The van der Waals surface area contributed by atoms with Gasteiger partial charge in [-0.3, -0.25) is 9.69 Å². The van der Waals surface area contributed by atoms with Crippen LogP contribution < -0.4 is 4.90 Å². The Balaban J connectivity index is 1.42. The molecule has 1 aromatic carbocycles. The summed E-state index contributed by atoms with van der Waals surface area (Å²) in [6, 6.07) is 8.57. The van der Waals surface area contributed by atoms with Gasteiger partial charge in [-0.2, -0.15) is 0 Å². The van der Waals surface area contributed by atoms with Crippen LogP contribution in [0.3, 0.4) is 0 Å². The number of benzene rings is 1. The van der Waals surface area contributed by atoms with Crippen molar-refractivity contribution in [1.82, 2.24) is 14.7 Å². The molecule has 2 heterocycles. The lowest BCUT2D eigenvalue weighted by Crippen LogP contribution is -2.54. The lowest BCUT2D eigenvalue weighted by molar-refractivity contribution is -0.134. The molecule has 3 rings (SSSR count). The summed E-state index contributed by atoms with van der Waals surface area (Å²) in [5, 5.41) is 0. The molecule has 0 aliphatic carbocycles. The zero-order valence-electron chi connectivity index (χ0n) is 16.4. The minimum Gasteiger partial charge on any atom is -0.450 e. The van der Waals surface area contributed by atoms with Crippen LogP contribution in [0.2, 0.25) is 0 Å². The molecule has 0 bridgehead atoms. The molecule has 2 aliphatic rings. The highest BCUT2D eigenvalue weighted by Crippen LogP contribution is 2.18. The normalized spacial score (nSPS) is 18.5. The van der Waals surface area contributed by atoms with Crippen molar-refractivity contribution in [1.29, 1.82) is 0 Å². The topological polar surface area (TPSA) is 56.3 Å². The molecule has 7 heteroatoms. The molecule has 2 amide bonds. The third-order valence-electron chi connectivity index (χ3n) is 5.26. The number of ether oxygens (including phenoxy) is 1. The Morgan fingerprint density at radius 2 is 1.63 bits per heavy atom. The molecule has 0 aromatic heterocycles. The number of nitrogens with zero attached hydrogens (tertiary/aromatic N) is 4. The van der Waals surface area contributed by atoms with Gasteiger partial charge in [0.1, 0.15) is 0 Å². The maximum Gasteiger partial charge on any atom is 0.409 e. The number of hydrogen-bond donors (Lipinski definition) is 0. The van der Waals surface area contributed by atoms with Crippen LogP contribution in [0.4, 0.5) is 10.5 Å². The Hall–Kier alpha value is -2.28. The summed E-state index contributed by atoms with van der Waals surface area (Å²) in [5.41, 5.74) is 2.53. The van der Waals surface area contributed by atoms with Crippen LogP contribution in [0.5, 0.6) is 0 Å². The predicted molar refractivity (Wildman–Crippen MR) is 105 cm³/mol. The Labute approximate surface area is 161 Å². The van der Waals surface area contributed by atoms with E-state index in [9.17, 15) is 9.59 Å². The van der Waals surface area contributed by atoms with E-state index in [1.165, 1.54) is 11.3 Å². The van der Waals surface area contributed by atoms with Crippen LogP contribution in [0.15, 0.2) is 24.3 Å². The van der Waals surface area contributed by atoms with Gasteiger partial charge in [-0.1, -0.05) is 12.1 Å². The molecular weight excluding hydrogens is 344 g/mol. The van der Waals surface area contributed by atoms with E-state index in [-0.39, 0.29) is 12.0 Å². The van der Waals surface area contributed by atoms with Gasteiger partial charge >= 0.3 is 6.09 Å². The van der Waals surface area contributed by atoms with E-state index in [0.717, 1.165) is 26.2 Å². The molecule has 0 radical (unpaired) electrons. The SMILES string of the molecule is CCOC(=O)N1CCN(C(=O)CN2CCN(c3cccc(C)c3)CC2)CC1. The molecule has 0 spiro atoms. The highest BCUT2D eigenvalue weighted by molar-refractivity contribution is 5.78. The average Bonchev–Trinajstić information content (AvgIpc) is 2.69. The first-order chi connectivity index (χ1) is 13.1. The summed E-state index contributed by atoms with van der Waals surface area (Å²) in [7, 11) is 0. The Morgan fingerprint density at radius 1 is 0.963 bits per heavy atom. The van der Waals surface area contributed by atoms with Gasteiger partial charge in [0.05, 0.1) is 13.2 Å². The van der Waals surface area contributed by atoms with Gasteiger partial charge in [0, 0.05) is 58.0 Å². The second-order valence-electron chi connectivity index (χ2n) is 7.17. The van der Waals surface area contributed by atoms with Crippen LogP contribution in [-0.4, -0.2) is 92.2 Å². The fraction of sp³-hybridized carbons (Fsp3) is 0.600. The lowest BCUT2D eigenvalue weighted by atomic mass is 10.2. The van der Waals surface area contributed by atoms with E-state index in [4.69, 9.17) is 4.74 Å². The van der Waals surface area contributed by atoms with Crippen molar-refractivity contribution in [3.63, 3.8) is 0 Å². The molecule has 1 aromatic rings. The van der Waals surface area contributed by atoms with Crippen molar-refractivity contribution < 1.29 is 14.3 Å². The van der Waals surface area contributed by atoms with Gasteiger partial charge in [-0.15, -0.1) is 0 Å². The largest absolute Gasteiger partial charge is 0.450 e. The molecule has 0 N–H and O–H groups in total. The quantitative estimate of drug-likeness (QED) is 0.798. The molecule has 0 saturated carbocycles. The summed E-state index contributed by atoms with van der Waals surface area (Å²) in [4.78, 5) is 32.5. The zero-order chi connectivity index (χ0) is 19.2. The number of carbonyl (C=O) groups excluding carboxylic acids is 2. The van der Waals surface area contributed by atoms with Gasteiger partial charge in [0.15, 0.2) is 0 Å². The molecule has 2 saturated heterocycles. The van der Waals surface area contributed by atoms with E-state index < -0.39 is 0 Å². The molecule has 0 unspecified atom stereocenters. The number of hydrogen-bond acceptors (Lipinski definition) is 5. The first-order valence-electron chi connectivity index (χ1n) is 9.80. The molecular formula is C20H30N4O3. The highest BCUT2D eigenvalue weighted by atomic mass is 16.6. The number of piperazine rings is 2. The van der Waals surface area contributed by atoms with Gasteiger partial charge in [-0.05, 0) is 31.5 Å². The standard InChI is InChI=1S/C20H30N4O3/c1-3-27-20(26)24-13-11-23(12-14-24)19(25)16-21-7-9-22(10-8-21)18-6-4-5-17(2)15-18/h4-6,15H,3,7-14,16H2,1-2H3. The second-order valence-corrected chi connectivity index (χ2v) is 7.17. The molecule has 2 fully saturated rings. The third kappa shape index (κ3) is 5.13. The van der Waals surface area contributed by atoms with Crippen molar-refractivity contribution >= 4 is 17.7 Å². The van der Waals surface area contributed by atoms with Crippen LogP contribution in [0.1, 0.15) is 12.5 Å². The number of aryl methyl sites for hydroxylation is 1. The van der Waals surface area contributed by atoms with Crippen LogP contribution >= 0.6 is 0 Å². The van der Waals surface area contributed by atoms with Gasteiger partial charge in [-0.25, -0.2) is 4.79 Å². The molecule has 0 atom stereocenters. The number of anilines is 1. The second kappa shape index (κ2) is 9.08. The van der Waals surface area contributed by atoms with Crippen molar-refractivity contribution in [2.75, 3.05) is 70.4 Å². The van der Waals surface area contributed by atoms with Crippen molar-refractivity contribution in [2.24, 2.45) is 0 Å². The maximum atomic E-state index is 12.6. The van der Waals surface area contributed by atoms with Crippen LogP contribution in [0.25, 0.3) is 0 Å². The number of carbonyl (C=O) groups is 2. The van der Waals surface area contributed by atoms with E-state index in [2.05, 4.69) is 41.0 Å². The van der Waals surface area contributed by atoms with E-state index in [1.54, 1.807) is 11.8 Å². The predicted octanol–water partition coefficient (Wildman–Crippen LogP) is 1.42. The first-order valence-corrected chi connectivity index (χ1v) is 9.80. The number of rotatable bonds is 4. The average molecular weight is 374 g/mol. The minimum atomic E-state index is -0.281. The Bertz CT molecular complexity index is 650. The number of amides is 2. The molecule has 2 aliphatic heterocycles. The van der Waals surface area contributed by atoms with Crippen LogP contribution in [-0.2, 0) is 9.53 Å². The summed E-state index contributed by atoms with van der Waals surface area (Å²) >= 11 is 0. The van der Waals surface area contributed by atoms with E-state index in [1.807, 2.05) is 4.90 Å². The van der Waals surface area contributed by atoms with Gasteiger partial charge < -0.3 is 19.4 Å². The third-order valence-corrected chi connectivity index (χ3v) is 5.26. The summed E-state index contributed by atoms with van der Waals surface area (Å²) in [6.45, 7) is 10.7.